The molecule has 4 rings (SSSR count). The van der Waals surface area contributed by atoms with Gasteiger partial charge in [-0.1, -0.05) is 38.1 Å². The van der Waals surface area contributed by atoms with Crippen molar-refractivity contribution in [2.45, 2.75) is 32.3 Å². The average Bonchev–Trinajstić information content (AvgIpc) is 3.19. The van der Waals surface area contributed by atoms with E-state index >= 15 is 0 Å². The second-order valence-corrected chi connectivity index (χ2v) is 6.00. The SMILES string of the molecule is CC(C)c1nc(C2Cc3ccccc3O2)n(-c2ccccn2)n1. The summed E-state index contributed by atoms with van der Waals surface area (Å²) in [5.74, 6) is 3.57. The first-order valence-corrected chi connectivity index (χ1v) is 7.85. The molecule has 0 spiro atoms. The van der Waals surface area contributed by atoms with E-state index in [-0.39, 0.29) is 12.0 Å². The minimum Gasteiger partial charge on any atom is -0.482 e. The fourth-order valence-electron chi connectivity index (χ4n) is 2.77. The lowest BCUT2D eigenvalue weighted by Gasteiger charge is -2.11. The van der Waals surface area contributed by atoms with Crippen LogP contribution in [0.1, 0.15) is 43.1 Å². The summed E-state index contributed by atoms with van der Waals surface area (Å²) in [5, 5.41) is 4.65. The molecule has 0 bridgehead atoms. The van der Waals surface area contributed by atoms with E-state index in [0.29, 0.717) is 0 Å². The van der Waals surface area contributed by atoms with E-state index in [2.05, 4.69) is 30.0 Å². The quantitative estimate of drug-likeness (QED) is 0.743. The lowest BCUT2D eigenvalue weighted by molar-refractivity contribution is 0.224. The molecule has 1 aromatic carbocycles. The fourth-order valence-corrected chi connectivity index (χ4v) is 2.77. The van der Waals surface area contributed by atoms with Gasteiger partial charge in [-0.15, -0.1) is 5.10 Å². The Kier molecular flexibility index (Phi) is 3.33. The standard InChI is InChI=1S/C18H18N4O/c1-12(2)17-20-18(22(21-17)16-9-5-6-10-19-16)15-11-13-7-3-4-8-14(13)23-15/h3-10,12,15H,11H2,1-2H3. The van der Waals surface area contributed by atoms with Crippen molar-refractivity contribution in [2.75, 3.05) is 0 Å². The van der Waals surface area contributed by atoms with Crippen molar-refractivity contribution in [3.8, 4) is 11.6 Å². The molecule has 0 aliphatic carbocycles. The van der Waals surface area contributed by atoms with Crippen LogP contribution in [0.2, 0.25) is 0 Å². The van der Waals surface area contributed by atoms with Gasteiger partial charge in [0.1, 0.15) is 5.75 Å². The molecule has 1 aliphatic rings. The van der Waals surface area contributed by atoms with Crippen molar-refractivity contribution < 1.29 is 4.74 Å². The first-order chi connectivity index (χ1) is 11.2. The third-order valence-electron chi connectivity index (χ3n) is 3.97. The summed E-state index contributed by atoms with van der Waals surface area (Å²) in [6.07, 6.45) is 2.44. The molecule has 1 atom stereocenters. The zero-order chi connectivity index (χ0) is 15.8. The average molecular weight is 306 g/mol. The summed E-state index contributed by atoms with van der Waals surface area (Å²) >= 11 is 0. The van der Waals surface area contributed by atoms with Crippen LogP contribution in [0, 0.1) is 0 Å². The molecule has 0 radical (unpaired) electrons. The van der Waals surface area contributed by atoms with E-state index in [1.165, 1.54) is 5.56 Å². The summed E-state index contributed by atoms with van der Waals surface area (Å²) < 4.78 is 7.91. The van der Waals surface area contributed by atoms with E-state index in [1.54, 1.807) is 6.20 Å². The van der Waals surface area contributed by atoms with E-state index in [1.807, 2.05) is 41.1 Å². The number of hydrogen-bond donors (Lipinski definition) is 0. The zero-order valence-corrected chi connectivity index (χ0v) is 13.2. The van der Waals surface area contributed by atoms with Crippen LogP contribution in [-0.4, -0.2) is 19.7 Å². The summed E-state index contributed by atoms with van der Waals surface area (Å²) in [6.45, 7) is 4.18. The molecule has 116 valence electrons. The maximum atomic E-state index is 6.10. The first kappa shape index (κ1) is 13.9. The lowest BCUT2D eigenvalue weighted by Crippen LogP contribution is -2.13. The van der Waals surface area contributed by atoms with Crippen LogP contribution in [0.25, 0.3) is 5.82 Å². The number of hydrogen-bond acceptors (Lipinski definition) is 4. The molecule has 5 heteroatoms. The Balaban J connectivity index is 1.77. The van der Waals surface area contributed by atoms with Crippen LogP contribution in [-0.2, 0) is 6.42 Å². The molecule has 0 N–H and O–H groups in total. The van der Waals surface area contributed by atoms with Crippen LogP contribution < -0.4 is 4.74 Å². The van der Waals surface area contributed by atoms with Gasteiger partial charge in [-0.05, 0) is 23.8 Å². The highest BCUT2D eigenvalue weighted by Crippen LogP contribution is 2.36. The van der Waals surface area contributed by atoms with Crippen LogP contribution >= 0.6 is 0 Å². The van der Waals surface area contributed by atoms with Gasteiger partial charge in [0.15, 0.2) is 23.6 Å². The van der Waals surface area contributed by atoms with Gasteiger partial charge >= 0.3 is 0 Å². The summed E-state index contributed by atoms with van der Waals surface area (Å²) in [4.78, 5) is 9.15. The normalized spacial score (nSPS) is 16.4. The maximum Gasteiger partial charge on any atom is 0.175 e. The largest absolute Gasteiger partial charge is 0.482 e. The van der Waals surface area contributed by atoms with Crippen LogP contribution in [0.15, 0.2) is 48.7 Å². The molecule has 1 aliphatic heterocycles. The molecule has 3 heterocycles. The Labute approximate surface area is 135 Å². The Morgan fingerprint density at radius 1 is 1.13 bits per heavy atom. The lowest BCUT2D eigenvalue weighted by atomic mass is 10.1. The second kappa shape index (κ2) is 5.50. The summed E-state index contributed by atoms with van der Waals surface area (Å²) in [6, 6.07) is 13.9. The molecule has 3 aromatic rings. The first-order valence-electron chi connectivity index (χ1n) is 7.85. The predicted molar refractivity (Wildman–Crippen MR) is 86.8 cm³/mol. The van der Waals surface area contributed by atoms with Gasteiger partial charge in [0.25, 0.3) is 0 Å². The van der Waals surface area contributed by atoms with E-state index < -0.39 is 0 Å². The van der Waals surface area contributed by atoms with E-state index in [0.717, 1.165) is 29.6 Å². The molecule has 5 nitrogen and oxygen atoms in total. The highest BCUT2D eigenvalue weighted by atomic mass is 16.5. The van der Waals surface area contributed by atoms with E-state index in [9.17, 15) is 0 Å². The van der Waals surface area contributed by atoms with Gasteiger partial charge in [0, 0.05) is 18.5 Å². The number of aromatic nitrogens is 4. The number of pyridine rings is 1. The molecule has 0 amide bonds. The molecular weight excluding hydrogens is 288 g/mol. The van der Waals surface area contributed by atoms with Crippen molar-refractivity contribution in [1.82, 2.24) is 19.7 Å². The third-order valence-corrected chi connectivity index (χ3v) is 3.97. The number of para-hydroxylation sites is 1. The topological polar surface area (TPSA) is 52.8 Å². The smallest absolute Gasteiger partial charge is 0.175 e. The Bertz CT molecular complexity index is 801. The summed E-state index contributed by atoms with van der Waals surface area (Å²) in [5.41, 5.74) is 1.21. The number of rotatable bonds is 3. The second-order valence-electron chi connectivity index (χ2n) is 6.00. The van der Waals surface area contributed by atoms with Crippen LogP contribution in [0.5, 0.6) is 5.75 Å². The summed E-state index contributed by atoms with van der Waals surface area (Å²) in [7, 11) is 0. The Hall–Kier alpha value is -2.69. The highest BCUT2D eigenvalue weighted by Gasteiger charge is 2.30. The number of fused-ring (bicyclic) bond motifs is 1. The molecule has 23 heavy (non-hydrogen) atoms. The minimum absolute atomic E-state index is 0.130. The number of benzene rings is 1. The van der Waals surface area contributed by atoms with Gasteiger partial charge in [-0.25, -0.2) is 9.97 Å². The molecule has 2 aromatic heterocycles. The van der Waals surface area contributed by atoms with Gasteiger partial charge in [-0.2, -0.15) is 4.68 Å². The van der Waals surface area contributed by atoms with Gasteiger partial charge < -0.3 is 4.74 Å². The van der Waals surface area contributed by atoms with E-state index in [4.69, 9.17) is 9.72 Å². The molecule has 0 saturated heterocycles. The zero-order valence-electron chi connectivity index (χ0n) is 13.2. The monoisotopic (exact) mass is 306 g/mol. The molecular formula is C18H18N4O. The van der Waals surface area contributed by atoms with Gasteiger partial charge in [-0.3, -0.25) is 0 Å². The van der Waals surface area contributed by atoms with Crippen LogP contribution in [0.4, 0.5) is 0 Å². The van der Waals surface area contributed by atoms with Gasteiger partial charge in [0.05, 0.1) is 0 Å². The van der Waals surface area contributed by atoms with Crippen molar-refractivity contribution >= 4 is 0 Å². The maximum absolute atomic E-state index is 6.10. The Morgan fingerprint density at radius 3 is 2.70 bits per heavy atom. The Morgan fingerprint density at radius 2 is 1.96 bits per heavy atom. The molecule has 1 unspecified atom stereocenters. The predicted octanol–water partition coefficient (Wildman–Crippen LogP) is 3.46. The van der Waals surface area contributed by atoms with Crippen molar-refractivity contribution in [3.63, 3.8) is 0 Å². The van der Waals surface area contributed by atoms with Crippen LogP contribution in [0.3, 0.4) is 0 Å². The van der Waals surface area contributed by atoms with Crippen molar-refractivity contribution in [3.05, 3.63) is 65.9 Å². The van der Waals surface area contributed by atoms with Crippen molar-refractivity contribution in [2.24, 2.45) is 0 Å². The molecule has 0 fully saturated rings. The molecule has 0 saturated carbocycles. The number of nitrogens with zero attached hydrogens (tertiary/aromatic N) is 4. The minimum atomic E-state index is -0.130. The van der Waals surface area contributed by atoms with Gasteiger partial charge in [0.2, 0.25) is 0 Å². The number of ether oxygens (including phenoxy) is 1. The third kappa shape index (κ3) is 2.48. The van der Waals surface area contributed by atoms with Crippen molar-refractivity contribution in [1.29, 1.82) is 0 Å². The highest BCUT2D eigenvalue weighted by molar-refractivity contribution is 5.38. The fraction of sp³-hybridized carbons (Fsp3) is 0.278.